The van der Waals surface area contributed by atoms with Crippen molar-refractivity contribution in [3.63, 3.8) is 0 Å². The molecule has 0 aliphatic carbocycles. The van der Waals surface area contributed by atoms with Gasteiger partial charge in [0.05, 0.1) is 13.2 Å². The molecule has 3 rings (SSSR count). The maximum Gasteiger partial charge on any atom is 0.251 e. The Morgan fingerprint density at radius 3 is 2.75 bits per heavy atom. The maximum absolute atomic E-state index is 12.0. The topological polar surface area (TPSA) is 69.2 Å². The average molecular weight is 501 g/mol. The molecule has 28 heavy (non-hydrogen) atoms. The molecule has 1 amide bonds. The van der Waals surface area contributed by atoms with E-state index in [0.717, 1.165) is 57.3 Å². The molecule has 0 aromatic heterocycles. The van der Waals surface area contributed by atoms with Crippen molar-refractivity contribution in [3.8, 4) is 0 Å². The SMILES string of the molecule is CCNC(=O)c1cccc(CNC(=NC)N2CCC(N3CCOCC3)C2)c1.I. The van der Waals surface area contributed by atoms with E-state index in [1.54, 1.807) is 0 Å². The summed E-state index contributed by atoms with van der Waals surface area (Å²) in [4.78, 5) is 21.3. The predicted octanol–water partition coefficient (Wildman–Crippen LogP) is 1.54. The lowest BCUT2D eigenvalue weighted by Crippen LogP contribution is -2.46. The van der Waals surface area contributed by atoms with Crippen LogP contribution in [0.5, 0.6) is 0 Å². The fourth-order valence-electron chi connectivity index (χ4n) is 3.77. The second kappa shape index (κ2) is 11.6. The highest BCUT2D eigenvalue weighted by Gasteiger charge is 2.30. The molecule has 0 radical (unpaired) electrons. The van der Waals surface area contributed by atoms with E-state index in [9.17, 15) is 4.79 Å². The number of ether oxygens (including phenoxy) is 1. The number of hydrogen-bond donors (Lipinski definition) is 2. The number of halogens is 1. The highest BCUT2D eigenvalue weighted by Crippen LogP contribution is 2.17. The Balaban J connectivity index is 0.00000280. The monoisotopic (exact) mass is 501 g/mol. The van der Waals surface area contributed by atoms with Crippen molar-refractivity contribution in [2.75, 3.05) is 53.0 Å². The lowest BCUT2D eigenvalue weighted by molar-refractivity contribution is 0.0195. The zero-order valence-corrected chi connectivity index (χ0v) is 19.1. The number of morpholine rings is 1. The van der Waals surface area contributed by atoms with Crippen molar-refractivity contribution in [3.05, 3.63) is 35.4 Å². The van der Waals surface area contributed by atoms with Crippen LogP contribution in [-0.2, 0) is 11.3 Å². The number of hydrogen-bond acceptors (Lipinski definition) is 4. The van der Waals surface area contributed by atoms with Gasteiger partial charge < -0.3 is 20.3 Å². The minimum absolute atomic E-state index is 0. The number of nitrogens with zero attached hydrogens (tertiary/aromatic N) is 3. The highest BCUT2D eigenvalue weighted by atomic mass is 127. The second-order valence-electron chi connectivity index (χ2n) is 7.00. The number of benzene rings is 1. The summed E-state index contributed by atoms with van der Waals surface area (Å²) in [6.45, 7) is 8.95. The number of nitrogens with one attached hydrogen (secondary N) is 2. The highest BCUT2D eigenvalue weighted by molar-refractivity contribution is 14.0. The minimum Gasteiger partial charge on any atom is -0.379 e. The van der Waals surface area contributed by atoms with Crippen molar-refractivity contribution in [1.82, 2.24) is 20.4 Å². The van der Waals surface area contributed by atoms with Crippen LogP contribution in [0.1, 0.15) is 29.3 Å². The summed E-state index contributed by atoms with van der Waals surface area (Å²) in [6, 6.07) is 8.31. The number of carbonyl (C=O) groups excluding carboxylic acids is 1. The molecule has 1 unspecified atom stereocenters. The summed E-state index contributed by atoms with van der Waals surface area (Å²) in [5.74, 6) is 0.894. The van der Waals surface area contributed by atoms with E-state index in [-0.39, 0.29) is 29.9 Å². The lowest BCUT2D eigenvalue weighted by Gasteiger charge is -2.32. The van der Waals surface area contributed by atoms with Crippen LogP contribution in [0, 0.1) is 0 Å². The van der Waals surface area contributed by atoms with Crippen molar-refractivity contribution >= 4 is 35.8 Å². The minimum atomic E-state index is -0.0309. The summed E-state index contributed by atoms with van der Waals surface area (Å²) in [5, 5.41) is 6.29. The van der Waals surface area contributed by atoms with Crippen LogP contribution in [0.3, 0.4) is 0 Å². The number of amides is 1. The molecule has 1 atom stereocenters. The van der Waals surface area contributed by atoms with Gasteiger partial charge in [-0.15, -0.1) is 24.0 Å². The van der Waals surface area contributed by atoms with E-state index in [1.165, 1.54) is 0 Å². The molecule has 2 N–H and O–H groups in total. The molecule has 156 valence electrons. The number of likely N-dealkylation sites (tertiary alicyclic amines) is 1. The first-order valence-electron chi connectivity index (χ1n) is 9.85. The van der Waals surface area contributed by atoms with E-state index in [1.807, 2.05) is 38.2 Å². The van der Waals surface area contributed by atoms with Crippen LogP contribution in [0.25, 0.3) is 0 Å². The van der Waals surface area contributed by atoms with Gasteiger partial charge in [0.15, 0.2) is 5.96 Å². The summed E-state index contributed by atoms with van der Waals surface area (Å²) < 4.78 is 5.46. The Morgan fingerprint density at radius 1 is 1.25 bits per heavy atom. The van der Waals surface area contributed by atoms with Gasteiger partial charge in [0.25, 0.3) is 5.91 Å². The molecular weight excluding hydrogens is 469 g/mol. The molecule has 1 aromatic carbocycles. The first kappa shape index (κ1) is 22.9. The largest absolute Gasteiger partial charge is 0.379 e. The van der Waals surface area contributed by atoms with Crippen LogP contribution in [0.2, 0.25) is 0 Å². The van der Waals surface area contributed by atoms with Gasteiger partial charge in [-0.1, -0.05) is 12.1 Å². The molecular formula is C20H32IN5O2. The van der Waals surface area contributed by atoms with Crippen LogP contribution in [-0.4, -0.2) is 80.7 Å². The summed E-state index contributed by atoms with van der Waals surface area (Å²) in [5.41, 5.74) is 1.77. The van der Waals surface area contributed by atoms with Gasteiger partial charge in [-0.2, -0.15) is 0 Å². The normalized spacial score (nSPS) is 20.6. The quantitative estimate of drug-likeness (QED) is 0.364. The molecule has 0 spiro atoms. The number of guanidine groups is 1. The van der Waals surface area contributed by atoms with Crippen molar-refractivity contribution < 1.29 is 9.53 Å². The molecule has 7 nitrogen and oxygen atoms in total. The zero-order chi connectivity index (χ0) is 19.1. The molecule has 0 saturated carbocycles. The number of rotatable bonds is 5. The van der Waals surface area contributed by atoms with Gasteiger partial charge in [0.2, 0.25) is 0 Å². The van der Waals surface area contributed by atoms with Crippen LogP contribution >= 0.6 is 24.0 Å². The Bertz CT molecular complexity index is 664. The third-order valence-corrected chi connectivity index (χ3v) is 5.21. The summed E-state index contributed by atoms with van der Waals surface area (Å²) >= 11 is 0. The van der Waals surface area contributed by atoms with Gasteiger partial charge in [-0.05, 0) is 31.0 Å². The predicted molar refractivity (Wildman–Crippen MR) is 122 cm³/mol. The van der Waals surface area contributed by atoms with Crippen LogP contribution in [0.4, 0.5) is 0 Å². The first-order chi connectivity index (χ1) is 13.2. The molecule has 2 fully saturated rings. The van der Waals surface area contributed by atoms with Crippen LogP contribution in [0.15, 0.2) is 29.3 Å². The number of carbonyl (C=O) groups is 1. The molecule has 1 aromatic rings. The smallest absolute Gasteiger partial charge is 0.251 e. The molecule has 2 aliphatic rings. The van der Waals surface area contributed by atoms with E-state index in [0.29, 0.717) is 24.7 Å². The molecule has 0 bridgehead atoms. The fourth-order valence-corrected chi connectivity index (χ4v) is 3.77. The van der Waals surface area contributed by atoms with Crippen molar-refractivity contribution in [1.29, 1.82) is 0 Å². The molecule has 2 saturated heterocycles. The third-order valence-electron chi connectivity index (χ3n) is 5.21. The van der Waals surface area contributed by atoms with E-state index in [2.05, 4.69) is 25.4 Å². The van der Waals surface area contributed by atoms with Gasteiger partial charge in [-0.3, -0.25) is 14.7 Å². The Morgan fingerprint density at radius 2 is 2.04 bits per heavy atom. The maximum atomic E-state index is 12.0. The summed E-state index contributed by atoms with van der Waals surface area (Å²) in [7, 11) is 1.83. The standard InChI is InChI=1S/C20H31N5O2.HI/c1-3-22-19(26)17-6-4-5-16(13-17)14-23-20(21-2)25-8-7-18(15-25)24-9-11-27-12-10-24;/h4-6,13,18H,3,7-12,14-15H2,1-2H3,(H,21,23)(H,22,26);1H. The number of aliphatic imine (C=N–C) groups is 1. The van der Waals surface area contributed by atoms with Crippen LogP contribution < -0.4 is 10.6 Å². The van der Waals surface area contributed by atoms with E-state index >= 15 is 0 Å². The second-order valence-corrected chi connectivity index (χ2v) is 7.00. The zero-order valence-electron chi connectivity index (χ0n) is 16.8. The first-order valence-corrected chi connectivity index (χ1v) is 9.85. The lowest BCUT2D eigenvalue weighted by atomic mass is 10.1. The molecule has 2 heterocycles. The molecule has 8 heteroatoms. The third kappa shape index (κ3) is 6.05. The Hall–Kier alpha value is -1.39. The molecule has 2 aliphatic heterocycles. The Kier molecular flexibility index (Phi) is 9.46. The van der Waals surface area contributed by atoms with Gasteiger partial charge in [-0.25, -0.2) is 0 Å². The van der Waals surface area contributed by atoms with E-state index in [4.69, 9.17) is 4.74 Å². The van der Waals surface area contributed by atoms with Crippen molar-refractivity contribution in [2.45, 2.75) is 25.9 Å². The van der Waals surface area contributed by atoms with E-state index < -0.39 is 0 Å². The van der Waals surface area contributed by atoms with Gasteiger partial charge in [0, 0.05) is 57.9 Å². The average Bonchev–Trinajstić information content (AvgIpc) is 3.20. The summed E-state index contributed by atoms with van der Waals surface area (Å²) in [6.07, 6.45) is 1.16. The van der Waals surface area contributed by atoms with Gasteiger partial charge in [0.1, 0.15) is 0 Å². The van der Waals surface area contributed by atoms with Gasteiger partial charge >= 0.3 is 0 Å². The fraction of sp³-hybridized carbons (Fsp3) is 0.600. The van der Waals surface area contributed by atoms with Crippen molar-refractivity contribution in [2.24, 2.45) is 4.99 Å². The Labute approximate surface area is 184 Å².